The molecule has 0 saturated heterocycles. The van der Waals surface area contributed by atoms with E-state index in [1.54, 1.807) is 6.21 Å². The molecule has 2 nitrogen and oxygen atoms in total. The Kier molecular flexibility index (Phi) is 3.43. The molecule has 0 aromatic heterocycles. The minimum atomic E-state index is -4.31. The van der Waals surface area contributed by atoms with Gasteiger partial charge in [0.25, 0.3) is 12.4 Å². The van der Waals surface area contributed by atoms with Crippen molar-refractivity contribution < 1.29 is 22.5 Å². The summed E-state index contributed by atoms with van der Waals surface area (Å²) >= 11 is 0. The first-order valence-corrected chi connectivity index (χ1v) is 6.87. The number of benzene rings is 2. The monoisotopic (exact) mass is 306 g/mol. The number of nitrogens with zero attached hydrogens (tertiary/aromatic N) is 1. The molecule has 1 aliphatic rings. The lowest BCUT2D eigenvalue weighted by molar-refractivity contribution is -0.452. The number of alkyl halides is 3. The molecule has 0 N–H and O–H groups in total. The van der Waals surface area contributed by atoms with Crippen LogP contribution in [-0.2, 0) is 6.18 Å². The molecule has 1 aliphatic heterocycles. The van der Waals surface area contributed by atoms with E-state index >= 15 is 0 Å². The quantitative estimate of drug-likeness (QED) is 0.710. The molecule has 5 heteroatoms. The molecule has 0 bridgehead atoms. The molecule has 0 spiro atoms. The maximum Gasteiger partial charge on any atom is 0.416 e. The Labute approximate surface area is 126 Å². The molecule has 114 valence electrons. The third-order valence-corrected chi connectivity index (χ3v) is 3.60. The van der Waals surface area contributed by atoms with Crippen molar-refractivity contribution in [2.45, 2.75) is 20.0 Å². The number of aryl methyl sites for hydroxylation is 2. The van der Waals surface area contributed by atoms with Gasteiger partial charge in [-0.25, -0.2) is 0 Å². The smallest absolute Gasteiger partial charge is 0.416 e. The maximum atomic E-state index is 12.6. The van der Waals surface area contributed by atoms with Crippen LogP contribution in [0.25, 0.3) is 0 Å². The predicted molar refractivity (Wildman–Crippen MR) is 77.9 cm³/mol. The van der Waals surface area contributed by atoms with Crippen molar-refractivity contribution in [1.82, 2.24) is 0 Å². The molecular formula is C17H15F3NO+. The van der Waals surface area contributed by atoms with E-state index in [0.29, 0.717) is 12.3 Å². The van der Waals surface area contributed by atoms with E-state index in [9.17, 15) is 13.2 Å². The Morgan fingerprint density at radius 2 is 1.77 bits per heavy atom. The van der Waals surface area contributed by atoms with E-state index in [-0.39, 0.29) is 0 Å². The summed E-state index contributed by atoms with van der Waals surface area (Å²) in [7, 11) is 0. The van der Waals surface area contributed by atoms with Gasteiger partial charge in [-0.3, -0.25) is 0 Å². The van der Waals surface area contributed by atoms with Crippen LogP contribution >= 0.6 is 0 Å². The Bertz CT molecular complexity index is 746. The van der Waals surface area contributed by atoms with Crippen molar-refractivity contribution in [1.29, 1.82) is 0 Å². The third kappa shape index (κ3) is 2.71. The van der Waals surface area contributed by atoms with Gasteiger partial charge < -0.3 is 4.74 Å². The SMILES string of the molecule is Cc1cc(C)c2c(c1)/[N+](=C\c1ccc(C(F)(F)F)cc1)CO2. The fourth-order valence-electron chi connectivity index (χ4n) is 2.58. The number of fused-ring (bicyclic) bond motifs is 1. The highest BCUT2D eigenvalue weighted by molar-refractivity contribution is 5.77. The summed E-state index contributed by atoms with van der Waals surface area (Å²) in [5.41, 5.74) is 3.17. The lowest BCUT2D eigenvalue weighted by Crippen LogP contribution is -2.08. The van der Waals surface area contributed by atoms with Crippen molar-refractivity contribution in [3.8, 4) is 5.75 Å². The highest BCUT2D eigenvalue weighted by Gasteiger charge is 2.30. The minimum Gasteiger partial charge on any atom is -0.429 e. The lowest BCUT2D eigenvalue weighted by Gasteiger charge is -2.05. The van der Waals surface area contributed by atoms with Crippen LogP contribution < -0.4 is 4.74 Å². The Morgan fingerprint density at radius 1 is 1.09 bits per heavy atom. The molecule has 2 aromatic rings. The van der Waals surface area contributed by atoms with E-state index in [2.05, 4.69) is 0 Å². The standard InChI is InChI=1S/C17H15F3NO/c1-11-7-12(2)16-15(8-11)21(10-22-16)9-13-3-5-14(6-4-13)17(18,19)20/h3-9H,10H2,1-2H3/q+1/b21-9-. The molecule has 0 amide bonds. The fraction of sp³-hybridized carbons (Fsp3) is 0.235. The molecule has 2 aromatic carbocycles. The first-order valence-electron chi connectivity index (χ1n) is 6.87. The van der Waals surface area contributed by atoms with Crippen molar-refractivity contribution in [2.75, 3.05) is 6.73 Å². The van der Waals surface area contributed by atoms with Crippen molar-refractivity contribution in [2.24, 2.45) is 0 Å². The average Bonchev–Trinajstić information content (AvgIpc) is 2.82. The Balaban J connectivity index is 1.96. The zero-order valence-electron chi connectivity index (χ0n) is 12.2. The topological polar surface area (TPSA) is 12.2 Å². The van der Waals surface area contributed by atoms with Crippen LogP contribution in [0.1, 0.15) is 22.3 Å². The molecule has 0 aliphatic carbocycles. The minimum absolute atomic E-state index is 0.362. The van der Waals surface area contributed by atoms with Gasteiger partial charge in [-0.05, 0) is 49.2 Å². The highest BCUT2D eigenvalue weighted by atomic mass is 19.4. The molecular weight excluding hydrogens is 291 g/mol. The first kappa shape index (κ1) is 14.6. The molecule has 0 saturated carbocycles. The molecule has 22 heavy (non-hydrogen) atoms. The normalized spacial score (nSPS) is 15.8. The van der Waals surface area contributed by atoms with Crippen LogP contribution in [0.5, 0.6) is 5.75 Å². The molecule has 0 radical (unpaired) electrons. The third-order valence-electron chi connectivity index (χ3n) is 3.60. The average molecular weight is 306 g/mol. The van der Waals surface area contributed by atoms with Gasteiger partial charge in [0.2, 0.25) is 5.75 Å². The summed E-state index contributed by atoms with van der Waals surface area (Å²) in [6.45, 7) is 4.34. The van der Waals surface area contributed by atoms with E-state index in [4.69, 9.17) is 4.74 Å². The summed E-state index contributed by atoms with van der Waals surface area (Å²) in [6, 6.07) is 9.15. The predicted octanol–water partition coefficient (Wildman–Crippen LogP) is 4.44. The zero-order chi connectivity index (χ0) is 15.9. The number of ether oxygens (including phenoxy) is 1. The summed E-state index contributed by atoms with van der Waals surface area (Å²) in [5, 5.41) is 0. The second kappa shape index (κ2) is 5.16. The van der Waals surface area contributed by atoms with Gasteiger partial charge in [0.15, 0.2) is 6.21 Å². The summed E-state index contributed by atoms with van der Waals surface area (Å²) in [4.78, 5) is 0. The number of hydrogen-bond acceptors (Lipinski definition) is 1. The summed E-state index contributed by atoms with van der Waals surface area (Å²) < 4.78 is 45.3. The lowest BCUT2D eigenvalue weighted by atomic mass is 10.1. The fourth-order valence-corrected chi connectivity index (χ4v) is 2.58. The molecule has 0 atom stereocenters. The van der Waals surface area contributed by atoms with Crippen molar-refractivity contribution in [3.63, 3.8) is 0 Å². The largest absolute Gasteiger partial charge is 0.429 e. The molecule has 0 fully saturated rings. The van der Waals surface area contributed by atoms with Crippen LogP contribution in [0.2, 0.25) is 0 Å². The van der Waals surface area contributed by atoms with Crippen LogP contribution in [0, 0.1) is 13.8 Å². The van der Waals surface area contributed by atoms with Gasteiger partial charge in [-0.2, -0.15) is 17.7 Å². The van der Waals surface area contributed by atoms with Gasteiger partial charge in [-0.15, -0.1) is 0 Å². The van der Waals surface area contributed by atoms with Gasteiger partial charge in [-0.1, -0.05) is 6.07 Å². The van der Waals surface area contributed by atoms with E-state index in [1.807, 2.05) is 30.6 Å². The summed E-state index contributed by atoms with van der Waals surface area (Å²) in [5.74, 6) is 0.828. The number of rotatable bonds is 1. The molecule has 0 unspecified atom stereocenters. The van der Waals surface area contributed by atoms with Gasteiger partial charge in [0, 0.05) is 11.6 Å². The maximum absolute atomic E-state index is 12.6. The van der Waals surface area contributed by atoms with Gasteiger partial charge >= 0.3 is 6.18 Å². The Hall–Kier alpha value is -2.30. The van der Waals surface area contributed by atoms with E-state index in [1.165, 1.54) is 12.1 Å². The van der Waals surface area contributed by atoms with Crippen LogP contribution in [-0.4, -0.2) is 17.5 Å². The van der Waals surface area contributed by atoms with E-state index in [0.717, 1.165) is 34.7 Å². The van der Waals surface area contributed by atoms with Crippen LogP contribution in [0.3, 0.4) is 0 Å². The second-order valence-electron chi connectivity index (χ2n) is 5.42. The van der Waals surface area contributed by atoms with Crippen molar-refractivity contribution in [3.05, 3.63) is 58.7 Å². The highest BCUT2D eigenvalue weighted by Crippen LogP contribution is 2.36. The van der Waals surface area contributed by atoms with Gasteiger partial charge in [0.05, 0.1) is 5.56 Å². The first-order chi connectivity index (χ1) is 10.3. The molecule has 3 rings (SSSR count). The second-order valence-corrected chi connectivity index (χ2v) is 5.42. The Morgan fingerprint density at radius 3 is 2.41 bits per heavy atom. The number of hydrogen-bond donors (Lipinski definition) is 0. The van der Waals surface area contributed by atoms with Crippen LogP contribution in [0.4, 0.5) is 18.9 Å². The van der Waals surface area contributed by atoms with E-state index < -0.39 is 11.7 Å². The summed E-state index contributed by atoms with van der Waals surface area (Å²) in [6.07, 6.45) is -2.51. The van der Waals surface area contributed by atoms with Crippen molar-refractivity contribution >= 4 is 11.9 Å². The number of halogens is 3. The van der Waals surface area contributed by atoms with Gasteiger partial charge in [0.1, 0.15) is 0 Å². The zero-order valence-corrected chi connectivity index (χ0v) is 12.2. The molecule has 1 heterocycles. The van der Waals surface area contributed by atoms with Crippen LogP contribution in [0.15, 0.2) is 36.4 Å².